The maximum absolute atomic E-state index is 11.6. The molecule has 0 spiro atoms. The summed E-state index contributed by atoms with van der Waals surface area (Å²) >= 11 is 0. The molecule has 0 aromatic heterocycles. The van der Waals surface area contributed by atoms with Gasteiger partial charge in [0, 0.05) is 33.6 Å². The van der Waals surface area contributed by atoms with Crippen molar-refractivity contribution < 1.29 is 19.5 Å². The van der Waals surface area contributed by atoms with Crippen LogP contribution in [0.25, 0.3) is 0 Å². The third kappa shape index (κ3) is 8.87. The van der Waals surface area contributed by atoms with Crippen LogP contribution in [0.3, 0.4) is 0 Å². The first-order valence-corrected chi connectivity index (χ1v) is 6.08. The Bertz CT molecular complexity index is 340. The van der Waals surface area contributed by atoms with Gasteiger partial charge in [0.05, 0.1) is 6.42 Å². The topological polar surface area (TPSA) is 98.7 Å². The van der Waals surface area contributed by atoms with Crippen LogP contribution >= 0.6 is 0 Å². The van der Waals surface area contributed by atoms with Gasteiger partial charge in [0.1, 0.15) is 0 Å². The summed E-state index contributed by atoms with van der Waals surface area (Å²) in [4.78, 5) is 34.8. The Balaban J connectivity index is 3.87. The monoisotopic (exact) mass is 273 g/mol. The van der Waals surface area contributed by atoms with Crippen molar-refractivity contribution in [3.8, 4) is 0 Å². The molecule has 7 nitrogen and oxygen atoms in total. The molecule has 110 valence electrons. The number of carbonyl (C=O) groups is 3. The molecule has 7 heteroatoms. The summed E-state index contributed by atoms with van der Waals surface area (Å²) in [6, 6.07) is -0.222. The number of rotatable bonds is 7. The molecule has 0 aromatic rings. The predicted molar refractivity (Wildman–Crippen MR) is 70.7 cm³/mol. The normalized spacial score (nSPS) is 10.7. The standard InChI is InChI=1S/C12H23N3O4/c1-12(2,8-10(17)18)7-9(16)13-5-6-14-11(19)15(3)4/h5-8H2,1-4H3,(H,13,16)(H,14,19)(H,17,18). The van der Waals surface area contributed by atoms with E-state index in [1.54, 1.807) is 27.9 Å². The lowest BCUT2D eigenvalue weighted by Crippen LogP contribution is -2.40. The van der Waals surface area contributed by atoms with Gasteiger partial charge in [-0.05, 0) is 5.41 Å². The van der Waals surface area contributed by atoms with Gasteiger partial charge in [-0.3, -0.25) is 9.59 Å². The molecule has 0 saturated heterocycles. The van der Waals surface area contributed by atoms with E-state index in [1.165, 1.54) is 4.90 Å². The van der Waals surface area contributed by atoms with Crippen molar-refractivity contribution in [1.29, 1.82) is 0 Å². The second kappa shape index (κ2) is 7.60. The van der Waals surface area contributed by atoms with Gasteiger partial charge in [-0.15, -0.1) is 0 Å². The molecular weight excluding hydrogens is 250 g/mol. The first-order chi connectivity index (χ1) is 8.64. The van der Waals surface area contributed by atoms with Crippen LogP contribution in [0.5, 0.6) is 0 Å². The number of hydrogen-bond donors (Lipinski definition) is 3. The van der Waals surface area contributed by atoms with E-state index in [2.05, 4.69) is 10.6 Å². The van der Waals surface area contributed by atoms with Crippen LogP contribution in [0.2, 0.25) is 0 Å². The van der Waals surface area contributed by atoms with Crippen LogP contribution in [0.15, 0.2) is 0 Å². The lowest BCUT2D eigenvalue weighted by Gasteiger charge is -2.21. The molecule has 0 unspecified atom stereocenters. The molecule has 0 atom stereocenters. The Kier molecular flexibility index (Phi) is 6.89. The van der Waals surface area contributed by atoms with Crippen molar-refractivity contribution in [2.45, 2.75) is 26.7 Å². The largest absolute Gasteiger partial charge is 0.481 e. The molecule has 0 aliphatic rings. The molecule has 3 amide bonds. The molecule has 0 radical (unpaired) electrons. The number of aliphatic carboxylic acids is 1. The van der Waals surface area contributed by atoms with Crippen LogP contribution < -0.4 is 10.6 Å². The third-order valence-corrected chi connectivity index (χ3v) is 2.40. The molecule has 0 fully saturated rings. The zero-order valence-corrected chi connectivity index (χ0v) is 11.9. The van der Waals surface area contributed by atoms with Gasteiger partial charge in [0.2, 0.25) is 5.91 Å². The minimum absolute atomic E-state index is 0.0578. The number of nitrogens with zero attached hydrogens (tertiary/aromatic N) is 1. The number of carbonyl (C=O) groups excluding carboxylic acids is 2. The highest BCUT2D eigenvalue weighted by Crippen LogP contribution is 2.24. The van der Waals surface area contributed by atoms with Gasteiger partial charge in [-0.2, -0.15) is 0 Å². The second-order valence-corrected chi connectivity index (χ2v) is 5.39. The zero-order chi connectivity index (χ0) is 15.1. The highest BCUT2D eigenvalue weighted by Gasteiger charge is 2.24. The van der Waals surface area contributed by atoms with E-state index < -0.39 is 11.4 Å². The van der Waals surface area contributed by atoms with E-state index >= 15 is 0 Å². The molecule has 0 heterocycles. The molecule has 0 saturated carbocycles. The Morgan fingerprint density at radius 3 is 2.05 bits per heavy atom. The fraction of sp³-hybridized carbons (Fsp3) is 0.750. The van der Waals surface area contributed by atoms with Gasteiger partial charge in [-0.1, -0.05) is 13.8 Å². The van der Waals surface area contributed by atoms with E-state index in [-0.39, 0.29) is 24.8 Å². The number of nitrogens with one attached hydrogen (secondary N) is 2. The highest BCUT2D eigenvalue weighted by molar-refractivity contribution is 5.78. The summed E-state index contributed by atoms with van der Waals surface area (Å²) < 4.78 is 0. The fourth-order valence-corrected chi connectivity index (χ4v) is 1.50. The van der Waals surface area contributed by atoms with Crippen LogP contribution in [0, 0.1) is 5.41 Å². The Labute approximate surface area is 113 Å². The molecule has 0 aromatic carbocycles. The molecule has 0 rings (SSSR count). The lowest BCUT2D eigenvalue weighted by molar-refractivity contribution is -0.139. The smallest absolute Gasteiger partial charge is 0.316 e. The van der Waals surface area contributed by atoms with Crippen LogP contribution in [-0.4, -0.2) is 55.1 Å². The quantitative estimate of drug-likeness (QED) is 0.580. The summed E-state index contributed by atoms with van der Waals surface area (Å²) in [5.74, 6) is -1.14. The van der Waals surface area contributed by atoms with Crippen molar-refractivity contribution in [3.05, 3.63) is 0 Å². The molecule has 19 heavy (non-hydrogen) atoms. The number of carboxylic acid groups (broad SMARTS) is 1. The molecule has 3 N–H and O–H groups in total. The van der Waals surface area contributed by atoms with Crippen molar-refractivity contribution >= 4 is 17.9 Å². The average Bonchev–Trinajstić information content (AvgIpc) is 2.20. The summed E-state index contributed by atoms with van der Waals surface area (Å²) in [7, 11) is 3.25. The van der Waals surface area contributed by atoms with Gasteiger partial charge < -0.3 is 20.6 Å². The van der Waals surface area contributed by atoms with E-state index in [4.69, 9.17) is 5.11 Å². The molecule has 0 aliphatic heterocycles. The van der Waals surface area contributed by atoms with Gasteiger partial charge in [0.25, 0.3) is 0 Å². The Morgan fingerprint density at radius 1 is 1.05 bits per heavy atom. The van der Waals surface area contributed by atoms with Crippen molar-refractivity contribution in [2.24, 2.45) is 5.41 Å². The van der Waals surface area contributed by atoms with Crippen molar-refractivity contribution in [3.63, 3.8) is 0 Å². The van der Waals surface area contributed by atoms with Crippen molar-refractivity contribution in [1.82, 2.24) is 15.5 Å². The molecule has 0 bridgehead atoms. The van der Waals surface area contributed by atoms with Gasteiger partial charge in [-0.25, -0.2) is 4.79 Å². The fourth-order valence-electron chi connectivity index (χ4n) is 1.50. The van der Waals surface area contributed by atoms with E-state index in [0.29, 0.717) is 13.1 Å². The second-order valence-electron chi connectivity index (χ2n) is 5.39. The summed E-state index contributed by atoms with van der Waals surface area (Å²) in [6.07, 6.45) is 0.0821. The van der Waals surface area contributed by atoms with Crippen LogP contribution in [0.4, 0.5) is 4.79 Å². The maximum Gasteiger partial charge on any atom is 0.316 e. The van der Waals surface area contributed by atoms with Gasteiger partial charge in [0.15, 0.2) is 0 Å². The first-order valence-electron chi connectivity index (χ1n) is 6.08. The SMILES string of the molecule is CN(C)C(=O)NCCNC(=O)CC(C)(C)CC(=O)O. The highest BCUT2D eigenvalue weighted by atomic mass is 16.4. The zero-order valence-electron chi connectivity index (χ0n) is 11.9. The van der Waals surface area contributed by atoms with E-state index in [0.717, 1.165) is 0 Å². The third-order valence-electron chi connectivity index (χ3n) is 2.40. The summed E-state index contributed by atoms with van der Waals surface area (Å²) in [5.41, 5.74) is -0.581. The number of amides is 3. The molecular formula is C12H23N3O4. The average molecular weight is 273 g/mol. The predicted octanol–water partition coefficient (Wildman–Crippen LogP) is 0.265. The Morgan fingerprint density at radius 2 is 1.58 bits per heavy atom. The minimum Gasteiger partial charge on any atom is -0.481 e. The Hall–Kier alpha value is -1.79. The van der Waals surface area contributed by atoms with E-state index in [1.807, 2.05) is 0 Å². The lowest BCUT2D eigenvalue weighted by atomic mass is 9.85. The number of carboxylic acids is 1. The van der Waals surface area contributed by atoms with Crippen LogP contribution in [0.1, 0.15) is 26.7 Å². The maximum atomic E-state index is 11.6. The molecule has 0 aliphatic carbocycles. The van der Waals surface area contributed by atoms with Crippen LogP contribution in [-0.2, 0) is 9.59 Å². The summed E-state index contributed by atoms with van der Waals surface area (Å²) in [6.45, 7) is 4.12. The minimum atomic E-state index is -0.920. The first kappa shape index (κ1) is 17.2. The summed E-state index contributed by atoms with van der Waals surface area (Å²) in [5, 5.41) is 14.0. The van der Waals surface area contributed by atoms with Crippen molar-refractivity contribution in [2.75, 3.05) is 27.2 Å². The number of hydrogen-bond acceptors (Lipinski definition) is 3. The number of urea groups is 1. The van der Waals surface area contributed by atoms with E-state index in [9.17, 15) is 14.4 Å². The van der Waals surface area contributed by atoms with Gasteiger partial charge >= 0.3 is 12.0 Å².